The zero-order valence-electron chi connectivity index (χ0n) is 25.0. The summed E-state index contributed by atoms with van der Waals surface area (Å²) in [6.07, 6.45) is 3.07. The minimum Gasteiger partial charge on any atom is -0.369 e. The molecular formula is C38H36N6. The molecule has 44 heavy (non-hydrogen) atoms. The number of pyridine rings is 2. The molecule has 7 aromatic rings. The molecule has 1 aliphatic rings. The van der Waals surface area contributed by atoms with Crippen LogP contribution in [0.5, 0.6) is 0 Å². The van der Waals surface area contributed by atoms with Crippen molar-refractivity contribution in [3.8, 4) is 11.1 Å². The number of benzene rings is 4. The number of nitrogens with one attached hydrogen (secondary N) is 3. The van der Waals surface area contributed by atoms with Gasteiger partial charge in [0.2, 0.25) is 0 Å². The van der Waals surface area contributed by atoms with Crippen molar-refractivity contribution in [3.05, 3.63) is 108 Å². The second kappa shape index (κ2) is 11.3. The summed E-state index contributed by atoms with van der Waals surface area (Å²) in [6.45, 7) is 3.81. The molecule has 0 saturated carbocycles. The molecule has 0 fully saturated rings. The monoisotopic (exact) mass is 576 g/mol. The van der Waals surface area contributed by atoms with Gasteiger partial charge in [-0.15, -0.1) is 0 Å². The Hall–Kier alpha value is -4.94. The van der Waals surface area contributed by atoms with Gasteiger partial charge in [-0.25, -0.2) is 9.97 Å². The fraction of sp³-hybridized carbons (Fsp3) is 0.211. The first-order valence-corrected chi connectivity index (χ1v) is 15.7. The Morgan fingerprint density at radius 3 is 2.11 bits per heavy atom. The van der Waals surface area contributed by atoms with Crippen molar-refractivity contribution in [3.63, 3.8) is 0 Å². The highest BCUT2D eigenvalue weighted by Crippen LogP contribution is 2.43. The van der Waals surface area contributed by atoms with Crippen LogP contribution in [0.1, 0.15) is 24.0 Å². The molecule has 0 aliphatic heterocycles. The molecule has 0 amide bonds. The summed E-state index contributed by atoms with van der Waals surface area (Å²) in [7, 11) is 2.22. The van der Waals surface area contributed by atoms with Gasteiger partial charge in [0.15, 0.2) is 0 Å². The summed E-state index contributed by atoms with van der Waals surface area (Å²) in [4.78, 5) is 16.2. The second-order valence-corrected chi connectivity index (χ2v) is 11.9. The molecule has 0 spiro atoms. The predicted octanol–water partition coefficient (Wildman–Crippen LogP) is 8.22. The third-order valence-electron chi connectivity index (χ3n) is 9.02. The largest absolute Gasteiger partial charge is 0.369 e. The van der Waals surface area contributed by atoms with Crippen LogP contribution in [-0.4, -0.2) is 53.1 Å². The number of fused-ring (bicyclic) bond motifs is 10. The molecule has 0 bridgehead atoms. The number of nitrogens with zero attached hydrogens (tertiary/aromatic N) is 3. The highest BCUT2D eigenvalue weighted by molar-refractivity contribution is 6.20. The van der Waals surface area contributed by atoms with Crippen LogP contribution >= 0.6 is 0 Å². The first-order valence-electron chi connectivity index (χ1n) is 15.7. The van der Waals surface area contributed by atoms with Gasteiger partial charge < -0.3 is 20.5 Å². The van der Waals surface area contributed by atoms with Gasteiger partial charge in [-0.2, -0.15) is 0 Å². The zero-order valence-corrected chi connectivity index (χ0v) is 25.0. The van der Waals surface area contributed by atoms with E-state index in [0.717, 1.165) is 84.5 Å². The number of anilines is 2. The summed E-state index contributed by atoms with van der Waals surface area (Å²) >= 11 is 0. The van der Waals surface area contributed by atoms with Gasteiger partial charge in [0.1, 0.15) is 11.6 Å². The van der Waals surface area contributed by atoms with Gasteiger partial charge >= 0.3 is 0 Å². The summed E-state index contributed by atoms with van der Waals surface area (Å²) in [5, 5.41) is 12.2. The normalized spacial score (nSPS) is 12.4. The van der Waals surface area contributed by atoms with Crippen LogP contribution in [0, 0.1) is 0 Å². The van der Waals surface area contributed by atoms with Crippen molar-refractivity contribution in [1.82, 2.24) is 19.9 Å². The molecule has 6 heteroatoms. The van der Waals surface area contributed by atoms with E-state index < -0.39 is 0 Å². The lowest BCUT2D eigenvalue weighted by molar-refractivity contribution is 0.331. The summed E-state index contributed by atoms with van der Waals surface area (Å²) in [6, 6.07) is 34.2. The zero-order chi connectivity index (χ0) is 29.5. The van der Waals surface area contributed by atoms with Gasteiger partial charge in [-0.1, -0.05) is 78.9 Å². The number of para-hydroxylation sites is 3. The fourth-order valence-corrected chi connectivity index (χ4v) is 6.89. The third-order valence-corrected chi connectivity index (χ3v) is 9.02. The van der Waals surface area contributed by atoms with Crippen LogP contribution in [-0.2, 0) is 6.42 Å². The van der Waals surface area contributed by atoms with E-state index in [1.165, 1.54) is 38.4 Å². The van der Waals surface area contributed by atoms with E-state index in [4.69, 9.17) is 9.97 Å². The number of aromatic amines is 1. The van der Waals surface area contributed by atoms with Gasteiger partial charge in [0.25, 0.3) is 0 Å². The maximum atomic E-state index is 5.07. The number of aromatic nitrogens is 3. The molecule has 6 nitrogen and oxygen atoms in total. The van der Waals surface area contributed by atoms with Crippen molar-refractivity contribution in [2.45, 2.75) is 19.3 Å². The smallest absolute Gasteiger partial charge is 0.136 e. The van der Waals surface area contributed by atoms with Crippen LogP contribution in [0.25, 0.3) is 54.7 Å². The summed E-state index contributed by atoms with van der Waals surface area (Å²) in [5.74, 6) is 1.97. The van der Waals surface area contributed by atoms with E-state index in [9.17, 15) is 0 Å². The van der Waals surface area contributed by atoms with Crippen molar-refractivity contribution in [2.24, 2.45) is 0 Å². The summed E-state index contributed by atoms with van der Waals surface area (Å²) in [5.41, 5.74) is 9.76. The van der Waals surface area contributed by atoms with E-state index >= 15 is 0 Å². The van der Waals surface area contributed by atoms with E-state index in [1.54, 1.807) is 0 Å². The number of rotatable bonds is 10. The number of H-pyrrole nitrogens is 1. The lowest BCUT2D eigenvalue weighted by atomic mass is 10.0. The molecule has 4 aromatic carbocycles. The van der Waals surface area contributed by atoms with Crippen molar-refractivity contribution < 1.29 is 0 Å². The average Bonchev–Trinajstić information content (AvgIpc) is 3.65. The molecule has 0 saturated heterocycles. The Labute approximate surface area is 257 Å². The van der Waals surface area contributed by atoms with Crippen LogP contribution in [0.15, 0.2) is 97.1 Å². The average molecular weight is 577 g/mol. The predicted molar refractivity (Wildman–Crippen MR) is 185 cm³/mol. The molecule has 3 N–H and O–H groups in total. The van der Waals surface area contributed by atoms with Crippen LogP contribution in [0.3, 0.4) is 0 Å². The van der Waals surface area contributed by atoms with Crippen molar-refractivity contribution >= 4 is 55.2 Å². The quantitative estimate of drug-likeness (QED) is 0.143. The maximum Gasteiger partial charge on any atom is 0.136 e. The Kier molecular flexibility index (Phi) is 6.84. The van der Waals surface area contributed by atoms with E-state index in [-0.39, 0.29) is 0 Å². The summed E-state index contributed by atoms with van der Waals surface area (Å²) < 4.78 is 0. The third kappa shape index (κ3) is 4.72. The van der Waals surface area contributed by atoms with Crippen molar-refractivity contribution in [2.75, 3.05) is 43.9 Å². The van der Waals surface area contributed by atoms with Gasteiger partial charge in [-0.3, -0.25) is 0 Å². The molecule has 1 aliphatic carbocycles. The Balaban J connectivity index is 0.895. The minimum absolute atomic E-state index is 0.870. The first kappa shape index (κ1) is 26.7. The Morgan fingerprint density at radius 1 is 0.682 bits per heavy atom. The van der Waals surface area contributed by atoms with Crippen LogP contribution in [0.4, 0.5) is 11.6 Å². The van der Waals surface area contributed by atoms with E-state index in [1.807, 2.05) is 0 Å². The standard InChI is InChI=1S/C38H36N6/c1-44(22-10-20-39-37-34-26-13-3-2-12-25(26)24-30(34)27-14-4-7-17-31(27)42-37)23-11-21-40-38-35-28-15-5-8-18-32(28)41-36(35)29-16-6-9-19-33(29)43-38/h2-9,12-19,41H,10-11,20-24H2,1H3,(H,39,42)(H,40,43). The highest BCUT2D eigenvalue weighted by Gasteiger charge is 2.24. The Bertz CT molecular complexity index is 2150. The first-order chi connectivity index (χ1) is 21.7. The van der Waals surface area contributed by atoms with Gasteiger partial charge in [0.05, 0.1) is 21.9 Å². The SMILES string of the molecule is CN(CCCNc1nc2ccccc2c2c1-c1ccccc1C2)CCCNc1nc2ccccc2c2[nH]c3ccccc3c12. The number of hydrogen-bond acceptors (Lipinski definition) is 5. The van der Waals surface area contributed by atoms with Crippen molar-refractivity contribution in [1.29, 1.82) is 0 Å². The van der Waals surface area contributed by atoms with Crippen LogP contribution < -0.4 is 10.6 Å². The molecule has 218 valence electrons. The van der Waals surface area contributed by atoms with E-state index in [2.05, 4.69) is 125 Å². The fourth-order valence-electron chi connectivity index (χ4n) is 6.89. The highest BCUT2D eigenvalue weighted by atomic mass is 15.1. The lowest BCUT2D eigenvalue weighted by Gasteiger charge is -2.18. The van der Waals surface area contributed by atoms with Crippen LogP contribution in [0.2, 0.25) is 0 Å². The lowest BCUT2D eigenvalue weighted by Crippen LogP contribution is -2.24. The minimum atomic E-state index is 0.870. The second-order valence-electron chi connectivity index (χ2n) is 11.9. The molecule has 8 rings (SSSR count). The van der Waals surface area contributed by atoms with Gasteiger partial charge in [-0.05, 0) is 74.3 Å². The molecule has 0 unspecified atom stereocenters. The Morgan fingerprint density at radius 2 is 1.30 bits per heavy atom. The molecule has 3 heterocycles. The molecular weight excluding hydrogens is 540 g/mol. The maximum absolute atomic E-state index is 5.07. The van der Waals surface area contributed by atoms with Gasteiger partial charge in [0, 0.05) is 40.3 Å². The molecule has 0 atom stereocenters. The van der Waals surface area contributed by atoms with E-state index in [0.29, 0.717) is 0 Å². The topological polar surface area (TPSA) is 68.9 Å². The number of hydrogen-bond donors (Lipinski definition) is 3. The molecule has 3 aromatic heterocycles. The molecule has 0 radical (unpaired) electrons.